The summed E-state index contributed by atoms with van der Waals surface area (Å²) in [7, 11) is -3.82. The summed E-state index contributed by atoms with van der Waals surface area (Å²) < 4.78 is 39.7. The molecule has 0 unspecified atom stereocenters. The molecule has 5 nitrogen and oxygen atoms in total. The molecule has 0 amide bonds. The lowest BCUT2D eigenvalue weighted by molar-refractivity contribution is 0.119. The molecule has 4 N–H and O–H groups in total. The fourth-order valence-electron chi connectivity index (χ4n) is 1.87. The standard InChI is InChI=1S/C13H21FN2O3S/c1-3-13(4-2,9-17)8-16-20(18,19)12-6-5-10(14)7-11(12)15/h5-7,16-17H,3-4,8-9,15H2,1-2H3. The number of nitrogens with two attached hydrogens (primary N) is 1. The van der Waals surface area contributed by atoms with Crippen LogP contribution in [-0.4, -0.2) is 26.7 Å². The molecule has 0 aliphatic carbocycles. The van der Waals surface area contributed by atoms with Crippen LogP contribution in [0.25, 0.3) is 0 Å². The monoisotopic (exact) mass is 304 g/mol. The molecule has 0 aliphatic rings. The molecule has 0 bridgehead atoms. The highest BCUT2D eigenvalue weighted by Crippen LogP contribution is 2.26. The van der Waals surface area contributed by atoms with Crippen molar-refractivity contribution in [3.63, 3.8) is 0 Å². The number of hydrogen-bond acceptors (Lipinski definition) is 4. The van der Waals surface area contributed by atoms with Crippen LogP contribution < -0.4 is 10.5 Å². The maximum Gasteiger partial charge on any atom is 0.242 e. The first kappa shape index (κ1) is 16.9. The Labute approximate surface area is 119 Å². The molecule has 20 heavy (non-hydrogen) atoms. The van der Waals surface area contributed by atoms with Crippen molar-refractivity contribution in [2.75, 3.05) is 18.9 Å². The number of aliphatic hydroxyl groups is 1. The Morgan fingerprint density at radius 1 is 1.35 bits per heavy atom. The van der Waals surface area contributed by atoms with Crippen LogP contribution in [-0.2, 0) is 10.0 Å². The summed E-state index contributed by atoms with van der Waals surface area (Å²) in [5, 5.41) is 9.43. The van der Waals surface area contributed by atoms with Crippen molar-refractivity contribution >= 4 is 15.7 Å². The van der Waals surface area contributed by atoms with Gasteiger partial charge >= 0.3 is 0 Å². The predicted molar refractivity (Wildman–Crippen MR) is 76.1 cm³/mol. The van der Waals surface area contributed by atoms with Crippen LogP contribution in [0.15, 0.2) is 23.1 Å². The summed E-state index contributed by atoms with van der Waals surface area (Å²) >= 11 is 0. The molecule has 0 saturated carbocycles. The second-order valence-corrected chi connectivity index (χ2v) is 6.61. The summed E-state index contributed by atoms with van der Waals surface area (Å²) in [6.07, 6.45) is 1.28. The minimum Gasteiger partial charge on any atom is -0.398 e. The van der Waals surface area contributed by atoms with E-state index in [4.69, 9.17) is 5.73 Å². The van der Waals surface area contributed by atoms with Gasteiger partial charge in [-0.1, -0.05) is 13.8 Å². The van der Waals surface area contributed by atoms with Crippen molar-refractivity contribution in [1.29, 1.82) is 0 Å². The van der Waals surface area contributed by atoms with Crippen LogP contribution in [0.2, 0.25) is 0 Å². The van der Waals surface area contributed by atoms with E-state index in [1.807, 2.05) is 13.8 Å². The van der Waals surface area contributed by atoms with Gasteiger partial charge in [-0.3, -0.25) is 0 Å². The van der Waals surface area contributed by atoms with Gasteiger partial charge in [-0.15, -0.1) is 0 Å². The minimum atomic E-state index is -3.82. The summed E-state index contributed by atoms with van der Waals surface area (Å²) in [5.41, 5.74) is 4.90. The predicted octanol–water partition coefficient (Wildman–Crippen LogP) is 1.48. The van der Waals surface area contributed by atoms with E-state index < -0.39 is 21.3 Å². The molecule has 0 heterocycles. The smallest absolute Gasteiger partial charge is 0.242 e. The maximum atomic E-state index is 12.9. The van der Waals surface area contributed by atoms with E-state index in [2.05, 4.69) is 4.72 Å². The highest BCUT2D eigenvalue weighted by atomic mass is 32.2. The third kappa shape index (κ3) is 3.68. The quantitative estimate of drug-likeness (QED) is 0.665. The normalized spacial score (nSPS) is 12.6. The molecule has 0 atom stereocenters. The van der Waals surface area contributed by atoms with Crippen molar-refractivity contribution in [3.8, 4) is 0 Å². The Bertz CT molecular complexity index is 548. The number of hydrogen-bond donors (Lipinski definition) is 3. The van der Waals surface area contributed by atoms with Crippen LogP contribution in [0.5, 0.6) is 0 Å². The van der Waals surface area contributed by atoms with E-state index in [0.29, 0.717) is 12.8 Å². The SMILES string of the molecule is CCC(CC)(CO)CNS(=O)(=O)c1ccc(F)cc1N. The van der Waals surface area contributed by atoms with Crippen LogP contribution in [0.3, 0.4) is 0 Å². The van der Waals surface area contributed by atoms with Gasteiger partial charge in [-0.05, 0) is 31.0 Å². The fourth-order valence-corrected chi connectivity index (χ4v) is 3.14. The van der Waals surface area contributed by atoms with E-state index in [0.717, 1.165) is 18.2 Å². The number of sulfonamides is 1. The fraction of sp³-hybridized carbons (Fsp3) is 0.538. The molecule has 1 aromatic rings. The Hall–Kier alpha value is -1.18. The number of benzene rings is 1. The number of anilines is 1. The Morgan fingerprint density at radius 3 is 2.40 bits per heavy atom. The molecule has 0 radical (unpaired) electrons. The summed E-state index contributed by atoms with van der Waals surface area (Å²) in [6, 6.07) is 3.14. The van der Waals surface area contributed by atoms with Crippen molar-refractivity contribution in [2.45, 2.75) is 31.6 Å². The van der Waals surface area contributed by atoms with Gasteiger partial charge < -0.3 is 10.8 Å². The average molecular weight is 304 g/mol. The molecule has 0 fully saturated rings. The van der Waals surface area contributed by atoms with Gasteiger partial charge in [0.1, 0.15) is 10.7 Å². The number of rotatable bonds is 7. The lowest BCUT2D eigenvalue weighted by Gasteiger charge is -2.29. The van der Waals surface area contributed by atoms with Crippen molar-refractivity contribution in [1.82, 2.24) is 4.72 Å². The third-order valence-electron chi connectivity index (χ3n) is 3.73. The zero-order valence-electron chi connectivity index (χ0n) is 11.7. The minimum absolute atomic E-state index is 0.107. The van der Waals surface area contributed by atoms with Gasteiger partial charge in [0.25, 0.3) is 0 Å². The Morgan fingerprint density at radius 2 is 1.95 bits per heavy atom. The van der Waals surface area contributed by atoms with Gasteiger partial charge in [0.05, 0.1) is 5.69 Å². The van der Waals surface area contributed by atoms with Gasteiger partial charge in [0.15, 0.2) is 0 Å². The number of nitrogen functional groups attached to an aromatic ring is 1. The van der Waals surface area contributed by atoms with E-state index in [-0.39, 0.29) is 23.7 Å². The first-order chi connectivity index (χ1) is 9.30. The summed E-state index contributed by atoms with van der Waals surface area (Å²) in [4.78, 5) is -0.155. The topological polar surface area (TPSA) is 92.4 Å². The second-order valence-electron chi connectivity index (χ2n) is 4.87. The molecule has 1 aromatic carbocycles. The lowest BCUT2D eigenvalue weighted by atomic mass is 9.84. The van der Waals surface area contributed by atoms with Crippen molar-refractivity contribution in [2.24, 2.45) is 5.41 Å². The van der Waals surface area contributed by atoms with E-state index >= 15 is 0 Å². The van der Waals surface area contributed by atoms with Crippen LogP contribution in [0.4, 0.5) is 10.1 Å². The molecule has 1 rings (SSSR count). The molecule has 0 saturated heterocycles. The highest BCUT2D eigenvalue weighted by Gasteiger charge is 2.28. The third-order valence-corrected chi connectivity index (χ3v) is 5.21. The molecule has 0 spiro atoms. The van der Waals surface area contributed by atoms with Gasteiger partial charge in [0, 0.05) is 18.6 Å². The van der Waals surface area contributed by atoms with E-state index in [1.54, 1.807) is 0 Å². The first-order valence-corrected chi connectivity index (χ1v) is 7.94. The molecule has 114 valence electrons. The number of nitrogens with one attached hydrogen (secondary N) is 1. The first-order valence-electron chi connectivity index (χ1n) is 6.46. The van der Waals surface area contributed by atoms with Crippen molar-refractivity contribution in [3.05, 3.63) is 24.0 Å². The second kappa shape index (κ2) is 6.51. The van der Waals surface area contributed by atoms with Crippen LogP contribution in [0.1, 0.15) is 26.7 Å². The van der Waals surface area contributed by atoms with E-state index in [1.165, 1.54) is 0 Å². The Kier molecular flexibility index (Phi) is 5.50. The maximum absolute atomic E-state index is 12.9. The van der Waals surface area contributed by atoms with Gasteiger partial charge in [-0.2, -0.15) is 0 Å². The largest absolute Gasteiger partial charge is 0.398 e. The van der Waals surface area contributed by atoms with Crippen LogP contribution >= 0.6 is 0 Å². The molecule has 7 heteroatoms. The van der Waals surface area contributed by atoms with Crippen LogP contribution in [0, 0.1) is 11.2 Å². The molecule has 0 aromatic heterocycles. The van der Waals surface area contributed by atoms with E-state index in [9.17, 15) is 17.9 Å². The van der Waals surface area contributed by atoms with Gasteiger partial charge in [0.2, 0.25) is 10.0 Å². The zero-order chi connectivity index (χ0) is 15.4. The molecular formula is C13H21FN2O3S. The number of halogens is 1. The lowest BCUT2D eigenvalue weighted by Crippen LogP contribution is -2.39. The highest BCUT2D eigenvalue weighted by molar-refractivity contribution is 7.89. The zero-order valence-corrected chi connectivity index (χ0v) is 12.5. The summed E-state index contributed by atoms with van der Waals surface area (Å²) in [6.45, 7) is 3.78. The van der Waals surface area contributed by atoms with Crippen molar-refractivity contribution < 1.29 is 17.9 Å². The molecule has 0 aliphatic heterocycles. The molecular weight excluding hydrogens is 283 g/mol. The number of aliphatic hydroxyl groups excluding tert-OH is 1. The Balaban J connectivity index is 2.96. The van der Waals surface area contributed by atoms with Gasteiger partial charge in [-0.25, -0.2) is 17.5 Å². The summed E-state index contributed by atoms with van der Waals surface area (Å²) in [5.74, 6) is -0.590. The average Bonchev–Trinajstić information content (AvgIpc) is 2.40.